The first-order valence-electron chi connectivity index (χ1n) is 15.8. The van der Waals surface area contributed by atoms with Crippen LogP contribution in [0.25, 0.3) is 6.08 Å². The summed E-state index contributed by atoms with van der Waals surface area (Å²) in [5.41, 5.74) is 6.33. The van der Waals surface area contributed by atoms with Gasteiger partial charge in [-0.1, -0.05) is 42.5 Å². The topological polar surface area (TPSA) is 112 Å². The Kier molecular flexibility index (Phi) is 10.9. The van der Waals surface area contributed by atoms with E-state index in [1.807, 2.05) is 39.0 Å². The summed E-state index contributed by atoms with van der Waals surface area (Å²) in [5, 5.41) is 0.189. The molecule has 2 fully saturated rings. The first-order valence-corrected chi connectivity index (χ1v) is 20.1. The Morgan fingerprint density at radius 3 is 1.16 bits per heavy atom. The first kappa shape index (κ1) is 37.4. The average molecular weight is 770 g/mol. The van der Waals surface area contributed by atoms with Crippen molar-refractivity contribution in [1.82, 2.24) is 12.9 Å². The molecule has 50 heavy (non-hydrogen) atoms. The molecule has 3 aromatic rings. The zero-order chi connectivity index (χ0) is 34.6. The van der Waals surface area contributed by atoms with Crippen LogP contribution in [0.3, 0.4) is 0 Å². The Morgan fingerprint density at radius 2 is 0.820 bits per heavy atom. The fourth-order valence-corrected chi connectivity index (χ4v) is 10.9. The van der Waals surface area contributed by atoms with Gasteiger partial charge in [0.1, 0.15) is 5.25 Å². The Hall–Kier alpha value is -2.35. The molecular formula is C37H35FeN3O6S3+2. The van der Waals surface area contributed by atoms with Crippen molar-refractivity contribution in [2.24, 2.45) is 0 Å². The van der Waals surface area contributed by atoms with Crippen LogP contribution >= 0.6 is 0 Å². The van der Waals surface area contributed by atoms with Crippen LogP contribution in [0.2, 0.25) is 0 Å². The maximum absolute atomic E-state index is 13.8. The molecule has 0 aromatic heterocycles. The summed E-state index contributed by atoms with van der Waals surface area (Å²) in [5.74, 6) is 0. The quantitative estimate of drug-likeness (QED) is 0.311. The van der Waals surface area contributed by atoms with E-state index in [1.54, 1.807) is 80.3 Å². The van der Waals surface area contributed by atoms with Crippen LogP contribution in [0.15, 0.2) is 64.9 Å². The van der Waals surface area contributed by atoms with E-state index >= 15 is 0 Å². The van der Waals surface area contributed by atoms with Crippen molar-refractivity contribution in [2.75, 3.05) is 0 Å². The van der Waals surface area contributed by atoms with Crippen LogP contribution in [0.4, 0.5) is 0 Å². The second-order valence-corrected chi connectivity index (χ2v) is 18.2. The molecule has 0 unspecified atom stereocenters. The van der Waals surface area contributed by atoms with Crippen LogP contribution in [-0.2, 0) is 86.4 Å². The van der Waals surface area contributed by atoms with Gasteiger partial charge in [0.15, 0.2) is 0 Å². The van der Waals surface area contributed by atoms with Crippen molar-refractivity contribution in [3.8, 4) is 0 Å². The molecule has 0 spiro atoms. The van der Waals surface area contributed by atoms with Gasteiger partial charge in [0.25, 0.3) is 0 Å². The molecule has 2 saturated carbocycles. The van der Waals surface area contributed by atoms with Gasteiger partial charge >= 0.3 is 17.1 Å². The van der Waals surface area contributed by atoms with Crippen LogP contribution in [0.5, 0.6) is 0 Å². The van der Waals surface area contributed by atoms with E-state index < -0.39 is 30.1 Å². The SMILES string of the molecule is C=Cc1ccc(S(=O)(=O)N2Cc3c4c(c5c(c3C2)CN(S(=O)(=O)c2ccc(C)cc2)C5)CN(S(=O)(=O)[C]2[CH][CH][CH][CH]2)C4)cc1.[CH]1[CH][CH][CH][CH]1.[Fe+2]. The van der Waals surface area contributed by atoms with Crippen molar-refractivity contribution < 1.29 is 42.3 Å². The second-order valence-electron chi connectivity index (χ2n) is 12.4. The number of nitrogens with zero attached hydrogens (tertiary/aromatic N) is 3. The molecule has 8 rings (SSSR count). The minimum Gasteiger partial charge on any atom is -0.212 e. The summed E-state index contributed by atoms with van der Waals surface area (Å²) in [6.07, 6.45) is 18.1. The fraction of sp³-hybridized carbons (Fsp3) is 0.189. The largest absolute Gasteiger partial charge is 2.00 e. The number of hydrogen-bond acceptors (Lipinski definition) is 6. The zero-order valence-corrected chi connectivity index (χ0v) is 30.8. The molecule has 0 saturated heterocycles. The van der Waals surface area contributed by atoms with Crippen LogP contribution < -0.4 is 0 Å². The summed E-state index contributed by atoms with van der Waals surface area (Å²) in [6, 6.07) is 13.2. The molecule has 0 N–H and O–H groups in total. The van der Waals surface area contributed by atoms with Gasteiger partial charge in [-0.2, -0.15) is 12.9 Å². The van der Waals surface area contributed by atoms with Crippen molar-refractivity contribution in [3.63, 3.8) is 0 Å². The number of sulfonamides is 3. The summed E-state index contributed by atoms with van der Waals surface area (Å²) < 4.78 is 86.5. The van der Waals surface area contributed by atoms with Gasteiger partial charge in [-0.3, -0.25) is 0 Å². The monoisotopic (exact) mass is 769 g/mol. The van der Waals surface area contributed by atoms with E-state index in [0.29, 0.717) is 0 Å². The van der Waals surface area contributed by atoms with Crippen LogP contribution in [-0.4, -0.2) is 38.2 Å². The van der Waals surface area contributed by atoms with Gasteiger partial charge < -0.3 is 0 Å². The Balaban J connectivity index is 0.000000663. The molecule has 0 bridgehead atoms. The summed E-state index contributed by atoms with van der Waals surface area (Å²) in [6.45, 7) is 6.11. The third kappa shape index (κ3) is 6.80. The van der Waals surface area contributed by atoms with E-state index in [4.69, 9.17) is 0 Å². The second kappa shape index (κ2) is 14.6. The number of rotatable bonds is 7. The van der Waals surface area contributed by atoms with Gasteiger partial charge in [0, 0.05) is 39.3 Å². The van der Waals surface area contributed by atoms with Crippen molar-refractivity contribution in [3.05, 3.63) is 163 Å². The molecule has 2 aliphatic carbocycles. The van der Waals surface area contributed by atoms with Gasteiger partial charge in [-0.15, -0.1) is 0 Å². The van der Waals surface area contributed by atoms with Crippen LogP contribution in [0.1, 0.15) is 44.5 Å². The molecule has 3 aliphatic heterocycles. The molecule has 13 heteroatoms. The predicted octanol–water partition coefficient (Wildman–Crippen LogP) is 5.07. The normalized spacial score (nSPS) is 19.8. The first-order chi connectivity index (χ1) is 23.4. The van der Waals surface area contributed by atoms with E-state index in [0.717, 1.165) is 44.5 Å². The van der Waals surface area contributed by atoms with Gasteiger partial charge in [-0.05, 0) is 128 Å². The van der Waals surface area contributed by atoms with E-state index in [1.165, 1.54) is 12.9 Å². The third-order valence-corrected chi connectivity index (χ3v) is 14.8. The number of hydrogen-bond donors (Lipinski definition) is 0. The molecule has 0 atom stereocenters. The molecule has 3 aromatic carbocycles. The molecule has 3 heterocycles. The van der Waals surface area contributed by atoms with Gasteiger partial charge in [0.2, 0.25) is 30.1 Å². The third-order valence-electron chi connectivity index (χ3n) is 9.43. The van der Waals surface area contributed by atoms with Crippen molar-refractivity contribution in [1.29, 1.82) is 0 Å². The minimum absolute atomic E-state index is 0. The molecule has 0 amide bonds. The summed E-state index contributed by atoms with van der Waals surface area (Å²) in [4.78, 5) is 0.324. The smallest absolute Gasteiger partial charge is 0.212 e. The molecule has 5 aliphatic rings. The standard InChI is InChI=1S/C32H30N3O6S3.C5H5.Fe/c1-3-23-10-14-26(15-11-23)44(40,41)35-20-31-28-17-33(42(36,37)24-6-4-5-7-24)16-27(28)29-18-34(19-30(29)32(31)21-35)43(38,39)25-12-8-22(2)9-13-25;1-2-4-5-3-1;/h3-15H,1,16-21H2,2H3;1-5H;/q;;+2. The zero-order valence-electron chi connectivity index (χ0n) is 27.2. The van der Waals surface area contributed by atoms with Crippen molar-refractivity contribution >= 4 is 36.1 Å². The molecule has 9 nitrogen and oxygen atoms in total. The van der Waals surface area contributed by atoms with Gasteiger partial charge in [-0.25, -0.2) is 25.3 Å². The molecule has 10 radical (unpaired) electrons. The maximum atomic E-state index is 13.8. The Bertz CT molecular complexity index is 2080. The maximum Gasteiger partial charge on any atom is 2.00 e. The Morgan fingerprint density at radius 1 is 0.500 bits per heavy atom. The minimum atomic E-state index is -3.90. The van der Waals surface area contributed by atoms with Crippen molar-refractivity contribution in [2.45, 2.75) is 56.0 Å². The summed E-state index contributed by atoms with van der Waals surface area (Å²) in [7, 11) is -11.6. The number of fused-ring (bicyclic) bond motifs is 6. The summed E-state index contributed by atoms with van der Waals surface area (Å²) >= 11 is 0. The number of benzene rings is 3. The number of aryl methyl sites for hydroxylation is 1. The molecule has 258 valence electrons. The predicted molar refractivity (Wildman–Crippen MR) is 187 cm³/mol. The van der Waals surface area contributed by atoms with E-state index in [2.05, 4.69) is 6.58 Å². The Labute approximate surface area is 308 Å². The molecular weight excluding hydrogens is 734 g/mol. The average Bonchev–Trinajstić information content (AvgIpc) is 3.93. The fourth-order valence-electron chi connectivity index (χ4n) is 6.76. The van der Waals surface area contributed by atoms with E-state index in [9.17, 15) is 25.3 Å². The van der Waals surface area contributed by atoms with E-state index in [-0.39, 0.29) is 71.4 Å². The van der Waals surface area contributed by atoms with Crippen LogP contribution in [0, 0.1) is 70.0 Å². The van der Waals surface area contributed by atoms with Gasteiger partial charge in [0.05, 0.1) is 9.79 Å².